The number of benzene rings is 1. The van der Waals surface area contributed by atoms with Gasteiger partial charge in [-0.3, -0.25) is 9.19 Å². The molecule has 122 valence electrons. The van der Waals surface area contributed by atoms with Gasteiger partial charge < -0.3 is 4.90 Å². The van der Waals surface area contributed by atoms with E-state index >= 15 is 0 Å². The molecule has 0 N–H and O–H groups in total. The molecule has 2 aromatic rings. The van der Waals surface area contributed by atoms with Crippen LogP contribution in [-0.4, -0.2) is 37.8 Å². The summed E-state index contributed by atoms with van der Waals surface area (Å²) < 4.78 is 11.9. The third kappa shape index (κ3) is 4.12. The third-order valence-corrected chi connectivity index (χ3v) is 6.77. The largest absolute Gasteiger partial charge is 0.353 e. The first kappa shape index (κ1) is 16.5. The van der Waals surface area contributed by atoms with Crippen LogP contribution in [0, 0.1) is 0 Å². The highest BCUT2D eigenvalue weighted by Gasteiger charge is 2.33. The van der Waals surface area contributed by atoms with Gasteiger partial charge in [-0.05, 0) is 19.4 Å². The number of nitrogens with zero attached hydrogens (tertiary/aromatic N) is 3. The molecule has 2 heterocycles. The third-order valence-electron chi connectivity index (χ3n) is 3.89. The first-order valence-corrected chi connectivity index (χ1v) is 9.97. The molecular formula is C17H21N3OS2. The highest BCUT2D eigenvalue weighted by molar-refractivity contribution is 7.98. The van der Waals surface area contributed by atoms with Crippen LogP contribution in [0.3, 0.4) is 0 Å². The summed E-state index contributed by atoms with van der Waals surface area (Å²) in [5.74, 6) is 2.46. The summed E-state index contributed by atoms with van der Waals surface area (Å²) in [6, 6.07) is 10.4. The van der Waals surface area contributed by atoms with Gasteiger partial charge in [0.2, 0.25) is 0 Å². The Hall–Kier alpha value is -1.40. The lowest BCUT2D eigenvalue weighted by molar-refractivity contribution is 0.585. The SMILES string of the molecule is CC1(C)CN(c2cncc(SCc3ccccc3)n2)CC[S@]1=O. The number of hydrogen-bond donors (Lipinski definition) is 0. The molecule has 1 aromatic carbocycles. The quantitative estimate of drug-likeness (QED) is 0.795. The van der Waals surface area contributed by atoms with E-state index in [2.05, 4.69) is 35.9 Å². The van der Waals surface area contributed by atoms with Crippen molar-refractivity contribution < 1.29 is 4.21 Å². The van der Waals surface area contributed by atoms with Crippen LogP contribution >= 0.6 is 11.8 Å². The molecule has 4 nitrogen and oxygen atoms in total. The number of rotatable bonds is 4. The topological polar surface area (TPSA) is 46.1 Å². The van der Waals surface area contributed by atoms with Crippen molar-refractivity contribution >= 4 is 28.4 Å². The number of anilines is 1. The van der Waals surface area contributed by atoms with Gasteiger partial charge in [0.1, 0.15) is 10.8 Å². The Morgan fingerprint density at radius 3 is 2.78 bits per heavy atom. The zero-order valence-electron chi connectivity index (χ0n) is 13.4. The average molecular weight is 348 g/mol. The molecule has 1 aliphatic rings. The van der Waals surface area contributed by atoms with Crippen LogP contribution in [0.4, 0.5) is 5.82 Å². The fourth-order valence-electron chi connectivity index (χ4n) is 2.57. The zero-order chi connectivity index (χ0) is 16.3. The minimum Gasteiger partial charge on any atom is -0.353 e. The highest BCUT2D eigenvalue weighted by Crippen LogP contribution is 2.26. The molecular weight excluding hydrogens is 326 g/mol. The fourth-order valence-corrected chi connectivity index (χ4v) is 4.61. The van der Waals surface area contributed by atoms with Crippen LogP contribution < -0.4 is 4.90 Å². The summed E-state index contributed by atoms with van der Waals surface area (Å²) in [7, 11) is -0.774. The van der Waals surface area contributed by atoms with Crippen LogP contribution in [0.5, 0.6) is 0 Å². The van der Waals surface area contributed by atoms with E-state index in [0.29, 0.717) is 5.75 Å². The molecule has 1 saturated heterocycles. The molecule has 1 atom stereocenters. The molecule has 0 amide bonds. The summed E-state index contributed by atoms with van der Waals surface area (Å²) >= 11 is 1.69. The second-order valence-corrected chi connectivity index (χ2v) is 9.42. The van der Waals surface area contributed by atoms with Gasteiger partial charge in [0.15, 0.2) is 0 Å². The van der Waals surface area contributed by atoms with Crippen LogP contribution in [-0.2, 0) is 16.6 Å². The Morgan fingerprint density at radius 1 is 1.26 bits per heavy atom. The van der Waals surface area contributed by atoms with Gasteiger partial charge in [0.25, 0.3) is 0 Å². The Bertz CT molecular complexity index is 691. The van der Waals surface area contributed by atoms with Crippen molar-refractivity contribution in [3.05, 3.63) is 48.3 Å². The standard InChI is InChI=1S/C17H21N3OS2/c1-17(2)13-20(8-9-23(17)21)15-10-18-11-16(19-15)22-12-14-6-4-3-5-7-14/h3-7,10-11H,8-9,12-13H2,1-2H3/t23-/m1/s1. The molecule has 0 spiro atoms. The van der Waals surface area contributed by atoms with Crippen LogP contribution in [0.2, 0.25) is 0 Å². The molecule has 6 heteroatoms. The Kier molecular flexibility index (Phi) is 5.02. The van der Waals surface area contributed by atoms with Crippen molar-refractivity contribution in [3.8, 4) is 0 Å². The van der Waals surface area contributed by atoms with Gasteiger partial charge >= 0.3 is 0 Å². The van der Waals surface area contributed by atoms with Crippen molar-refractivity contribution in [2.45, 2.75) is 29.4 Å². The van der Waals surface area contributed by atoms with Crippen molar-refractivity contribution in [1.82, 2.24) is 9.97 Å². The smallest absolute Gasteiger partial charge is 0.148 e. The zero-order valence-corrected chi connectivity index (χ0v) is 15.1. The second kappa shape index (κ2) is 7.01. The fraction of sp³-hybridized carbons (Fsp3) is 0.412. The summed E-state index contributed by atoms with van der Waals surface area (Å²) in [6.45, 7) is 5.63. The lowest BCUT2D eigenvalue weighted by Crippen LogP contribution is -2.50. The first-order valence-electron chi connectivity index (χ1n) is 7.67. The summed E-state index contributed by atoms with van der Waals surface area (Å²) in [5, 5.41) is 0.927. The Balaban J connectivity index is 1.69. The van der Waals surface area contributed by atoms with Crippen LogP contribution in [0.25, 0.3) is 0 Å². The second-order valence-electron chi connectivity index (χ2n) is 6.22. The monoisotopic (exact) mass is 347 g/mol. The van der Waals surface area contributed by atoms with Gasteiger partial charge in [-0.25, -0.2) is 4.98 Å². The normalized spacial score (nSPS) is 20.4. The van der Waals surface area contributed by atoms with Gasteiger partial charge in [-0.2, -0.15) is 0 Å². The van der Waals surface area contributed by atoms with E-state index in [0.717, 1.165) is 29.7 Å². The summed E-state index contributed by atoms with van der Waals surface area (Å²) in [4.78, 5) is 11.3. The van der Waals surface area contributed by atoms with Crippen molar-refractivity contribution in [2.75, 3.05) is 23.7 Å². The van der Waals surface area contributed by atoms with E-state index < -0.39 is 10.8 Å². The molecule has 23 heavy (non-hydrogen) atoms. The Labute approximate surface area is 144 Å². The van der Waals surface area contributed by atoms with Gasteiger partial charge in [0, 0.05) is 35.4 Å². The average Bonchev–Trinajstić information content (AvgIpc) is 2.57. The molecule has 1 fully saturated rings. The van der Waals surface area contributed by atoms with Crippen molar-refractivity contribution in [1.29, 1.82) is 0 Å². The predicted molar refractivity (Wildman–Crippen MR) is 97.3 cm³/mol. The lowest BCUT2D eigenvalue weighted by atomic mass is 10.2. The number of thioether (sulfide) groups is 1. The van der Waals surface area contributed by atoms with E-state index in [1.807, 2.05) is 24.4 Å². The molecule has 0 bridgehead atoms. The maximum atomic E-state index is 12.1. The van der Waals surface area contributed by atoms with Gasteiger partial charge in [-0.1, -0.05) is 30.3 Å². The maximum Gasteiger partial charge on any atom is 0.148 e. The molecule has 0 aliphatic carbocycles. The van der Waals surface area contributed by atoms with Gasteiger partial charge in [0.05, 0.1) is 17.1 Å². The van der Waals surface area contributed by atoms with E-state index in [9.17, 15) is 4.21 Å². The van der Waals surface area contributed by atoms with Crippen LogP contribution in [0.1, 0.15) is 19.4 Å². The highest BCUT2D eigenvalue weighted by atomic mass is 32.2. The predicted octanol–water partition coefficient (Wildman–Crippen LogP) is 3.12. The first-order chi connectivity index (χ1) is 11.0. The maximum absolute atomic E-state index is 12.1. The minimum atomic E-state index is -0.774. The molecule has 3 rings (SSSR count). The molecule has 1 aliphatic heterocycles. The number of hydrogen-bond acceptors (Lipinski definition) is 5. The number of aromatic nitrogens is 2. The van der Waals surface area contributed by atoms with Crippen LogP contribution in [0.15, 0.2) is 47.8 Å². The van der Waals surface area contributed by atoms with E-state index in [1.54, 1.807) is 18.0 Å². The lowest BCUT2D eigenvalue weighted by Gasteiger charge is -2.37. The minimum absolute atomic E-state index is 0.201. The molecule has 0 saturated carbocycles. The Morgan fingerprint density at radius 2 is 2.04 bits per heavy atom. The van der Waals surface area contributed by atoms with E-state index in [-0.39, 0.29) is 4.75 Å². The van der Waals surface area contributed by atoms with Crippen molar-refractivity contribution in [3.63, 3.8) is 0 Å². The van der Waals surface area contributed by atoms with E-state index in [4.69, 9.17) is 4.98 Å². The van der Waals surface area contributed by atoms with Gasteiger partial charge in [-0.15, -0.1) is 11.8 Å². The molecule has 1 aromatic heterocycles. The molecule has 0 radical (unpaired) electrons. The van der Waals surface area contributed by atoms with E-state index in [1.165, 1.54) is 5.56 Å². The summed E-state index contributed by atoms with van der Waals surface area (Å²) in [5.41, 5.74) is 1.28. The van der Waals surface area contributed by atoms with Crippen molar-refractivity contribution in [2.24, 2.45) is 0 Å². The molecule has 0 unspecified atom stereocenters. The summed E-state index contributed by atoms with van der Waals surface area (Å²) in [6.07, 6.45) is 3.61.